The molecule has 0 aliphatic carbocycles. The first-order valence-electron chi connectivity index (χ1n) is 8.77. The van der Waals surface area contributed by atoms with Crippen LogP contribution in [0.3, 0.4) is 0 Å². The minimum Gasteiger partial charge on any atom is -0.324 e. The van der Waals surface area contributed by atoms with Crippen molar-refractivity contribution < 1.29 is 18.1 Å². The highest BCUT2D eigenvalue weighted by Gasteiger charge is 2.33. The van der Waals surface area contributed by atoms with Gasteiger partial charge in [-0.05, 0) is 43.4 Å². The second kappa shape index (κ2) is 9.27. The van der Waals surface area contributed by atoms with Gasteiger partial charge in [-0.2, -0.15) is 0 Å². The van der Waals surface area contributed by atoms with Gasteiger partial charge in [0.15, 0.2) is 0 Å². The van der Waals surface area contributed by atoms with Crippen molar-refractivity contribution in [1.82, 2.24) is 0 Å². The number of amides is 1. The van der Waals surface area contributed by atoms with E-state index >= 15 is 0 Å². The van der Waals surface area contributed by atoms with Gasteiger partial charge in [-0.25, -0.2) is 8.42 Å². The maximum Gasteiger partial charge on any atom is 0.271 e. The summed E-state index contributed by atoms with van der Waals surface area (Å²) in [6.07, 6.45) is 3.07. The molecule has 2 aromatic carbocycles. The molecule has 1 amide bonds. The monoisotopic (exact) mass is 437 g/mol. The zero-order valence-corrected chi connectivity index (χ0v) is 18.2. The Bertz CT molecular complexity index is 1020. The molecule has 0 spiro atoms. The van der Waals surface area contributed by atoms with Crippen molar-refractivity contribution in [2.75, 3.05) is 22.1 Å². The van der Waals surface area contributed by atoms with Gasteiger partial charge in [-0.15, -0.1) is 11.8 Å². The lowest BCUT2D eigenvalue weighted by atomic mass is 10.1. The predicted molar refractivity (Wildman–Crippen MR) is 116 cm³/mol. The summed E-state index contributed by atoms with van der Waals surface area (Å²) in [5.41, 5.74) is 0.921. The van der Waals surface area contributed by atoms with Crippen LogP contribution in [0.5, 0.6) is 0 Å². The van der Waals surface area contributed by atoms with Crippen LogP contribution in [0.25, 0.3) is 0 Å². The molecule has 0 aliphatic rings. The van der Waals surface area contributed by atoms with E-state index in [-0.39, 0.29) is 17.8 Å². The molecule has 2 rings (SSSR count). The number of nitro benzene ring substituents is 1. The van der Waals surface area contributed by atoms with Gasteiger partial charge in [0.2, 0.25) is 15.9 Å². The molecule has 0 bridgehead atoms. The smallest absolute Gasteiger partial charge is 0.271 e. The largest absolute Gasteiger partial charge is 0.324 e. The molecule has 0 saturated heterocycles. The van der Waals surface area contributed by atoms with Gasteiger partial charge < -0.3 is 5.32 Å². The molecule has 0 aliphatic heterocycles. The Morgan fingerprint density at radius 3 is 2.52 bits per heavy atom. The maximum atomic E-state index is 13.0. The van der Waals surface area contributed by atoms with Gasteiger partial charge in [-0.3, -0.25) is 19.2 Å². The van der Waals surface area contributed by atoms with E-state index in [0.717, 1.165) is 15.5 Å². The lowest BCUT2D eigenvalue weighted by Crippen LogP contribution is -2.47. The Hall–Kier alpha value is -2.59. The zero-order valence-electron chi connectivity index (χ0n) is 16.6. The number of hydrogen-bond donors (Lipinski definition) is 1. The van der Waals surface area contributed by atoms with E-state index in [1.54, 1.807) is 32.0 Å². The van der Waals surface area contributed by atoms with Gasteiger partial charge >= 0.3 is 0 Å². The topological polar surface area (TPSA) is 110 Å². The van der Waals surface area contributed by atoms with E-state index < -0.39 is 26.9 Å². The molecule has 29 heavy (non-hydrogen) atoms. The minimum absolute atomic E-state index is 0.113. The van der Waals surface area contributed by atoms with E-state index in [1.165, 1.54) is 30.0 Å². The minimum atomic E-state index is -3.90. The number of rotatable bonds is 8. The highest BCUT2D eigenvalue weighted by molar-refractivity contribution is 7.98. The molecule has 0 heterocycles. The molecule has 1 atom stereocenters. The number of benzene rings is 2. The lowest BCUT2D eigenvalue weighted by molar-refractivity contribution is -0.384. The van der Waals surface area contributed by atoms with Crippen molar-refractivity contribution in [1.29, 1.82) is 0 Å². The average molecular weight is 438 g/mol. The summed E-state index contributed by atoms with van der Waals surface area (Å²) in [5, 5.41) is 13.9. The van der Waals surface area contributed by atoms with E-state index in [0.29, 0.717) is 11.3 Å². The number of carbonyl (C=O) groups excluding carboxylic acids is 1. The fourth-order valence-corrected chi connectivity index (χ4v) is 4.63. The van der Waals surface area contributed by atoms with Crippen molar-refractivity contribution >= 4 is 44.8 Å². The van der Waals surface area contributed by atoms with Crippen molar-refractivity contribution in [3.63, 3.8) is 0 Å². The maximum absolute atomic E-state index is 13.0. The highest BCUT2D eigenvalue weighted by Crippen LogP contribution is 2.30. The molecular formula is C19H23N3O5S2. The highest BCUT2D eigenvalue weighted by atomic mass is 32.2. The Kier molecular flexibility index (Phi) is 7.26. The van der Waals surface area contributed by atoms with Crippen LogP contribution in [0.2, 0.25) is 0 Å². The van der Waals surface area contributed by atoms with Crippen LogP contribution in [-0.2, 0) is 14.8 Å². The number of aryl methyl sites for hydroxylation is 1. The van der Waals surface area contributed by atoms with Gasteiger partial charge in [0, 0.05) is 22.7 Å². The summed E-state index contributed by atoms with van der Waals surface area (Å²) in [6, 6.07) is 10.1. The van der Waals surface area contributed by atoms with E-state index in [9.17, 15) is 23.3 Å². The van der Waals surface area contributed by atoms with Crippen molar-refractivity contribution in [2.24, 2.45) is 0 Å². The molecule has 8 nitrogen and oxygen atoms in total. The molecule has 0 radical (unpaired) electrons. The number of thioether (sulfide) groups is 1. The van der Waals surface area contributed by atoms with Crippen LogP contribution in [0.15, 0.2) is 47.4 Å². The molecule has 0 saturated carbocycles. The van der Waals surface area contributed by atoms with Crippen LogP contribution in [0.1, 0.15) is 18.9 Å². The van der Waals surface area contributed by atoms with Crippen molar-refractivity contribution in [3.8, 4) is 0 Å². The van der Waals surface area contributed by atoms with Crippen molar-refractivity contribution in [2.45, 2.75) is 31.2 Å². The van der Waals surface area contributed by atoms with Gasteiger partial charge in [-0.1, -0.05) is 19.1 Å². The summed E-state index contributed by atoms with van der Waals surface area (Å²) in [4.78, 5) is 24.5. The molecule has 0 unspecified atom stereocenters. The van der Waals surface area contributed by atoms with Crippen LogP contribution < -0.4 is 9.62 Å². The number of sulfonamides is 1. The van der Waals surface area contributed by atoms with Crippen LogP contribution >= 0.6 is 11.8 Å². The Morgan fingerprint density at radius 2 is 1.97 bits per heavy atom. The van der Waals surface area contributed by atoms with Crippen molar-refractivity contribution in [3.05, 3.63) is 58.1 Å². The quantitative estimate of drug-likeness (QED) is 0.382. The van der Waals surface area contributed by atoms with Crippen LogP contribution in [0.4, 0.5) is 17.1 Å². The SMILES string of the molecule is CC[C@H](C(=O)Nc1cccc(SC)c1)N(c1cc([N+](=O)[O-])ccc1C)S(C)(=O)=O. The zero-order chi connectivity index (χ0) is 21.8. The number of nitro groups is 1. The fourth-order valence-electron chi connectivity index (χ4n) is 2.91. The normalized spacial score (nSPS) is 12.3. The Labute approximate surface area is 174 Å². The molecular weight excluding hydrogens is 414 g/mol. The van der Waals surface area contributed by atoms with E-state index in [2.05, 4.69) is 5.32 Å². The first kappa shape index (κ1) is 22.7. The summed E-state index contributed by atoms with van der Waals surface area (Å²) < 4.78 is 26.2. The van der Waals surface area contributed by atoms with Gasteiger partial charge in [0.1, 0.15) is 6.04 Å². The van der Waals surface area contributed by atoms with Crippen LogP contribution in [0, 0.1) is 17.0 Å². The number of nitrogens with one attached hydrogen (secondary N) is 1. The fraction of sp³-hybridized carbons (Fsp3) is 0.316. The summed E-state index contributed by atoms with van der Waals surface area (Å²) in [6.45, 7) is 3.33. The van der Waals surface area contributed by atoms with E-state index in [4.69, 9.17) is 0 Å². The summed E-state index contributed by atoms with van der Waals surface area (Å²) >= 11 is 1.52. The number of anilines is 2. The number of non-ortho nitro benzene ring substituents is 1. The van der Waals surface area contributed by atoms with Gasteiger partial charge in [0.25, 0.3) is 5.69 Å². The molecule has 0 aromatic heterocycles. The molecule has 2 aromatic rings. The first-order chi connectivity index (χ1) is 13.6. The number of nitrogens with zero attached hydrogens (tertiary/aromatic N) is 2. The summed E-state index contributed by atoms with van der Waals surface area (Å²) in [7, 11) is -3.90. The molecule has 10 heteroatoms. The standard InChI is InChI=1S/C19H23N3O5S2/c1-5-17(19(23)20-14-7-6-8-16(11-14)28-3)21(29(4,26)27)18-12-15(22(24)25)10-9-13(18)2/h6-12,17H,5H2,1-4H3,(H,20,23)/t17-/m1/s1. The third-order valence-corrected chi connectivity index (χ3v) is 6.20. The van der Waals surface area contributed by atoms with E-state index in [1.807, 2.05) is 12.3 Å². The molecule has 156 valence electrons. The summed E-state index contributed by atoms with van der Waals surface area (Å²) in [5.74, 6) is -0.512. The first-order valence-corrected chi connectivity index (χ1v) is 11.8. The second-order valence-electron chi connectivity index (χ2n) is 6.43. The van der Waals surface area contributed by atoms with Crippen LogP contribution in [-0.4, -0.2) is 37.8 Å². The number of carbonyl (C=O) groups is 1. The predicted octanol–water partition coefficient (Wildman–Crippen LogP) is 3.81. The third kappa shape index (κ3) is 5.48. The molecule has 0 fully saturated rings. The third-order valence-electron chi connectivity index (χ3n) is 4.31. The Balaban J connectivity index is 2.48. The average Bonchev–Trinajstić information content (AvgIpc) is 2.65. The lowest BCUT2D eigenvalue weighted by Gasteiger charge is -2.31. The van der Waals surface area contributed by atoms with Gasteiger partial charge in [0.05, 0.1) is 16.9 Å². The number of hydrogen-bond acceptors (Lipinski definition) is 6. The Morgan fingerprint density at radius 1 is 1.28 bits per heavy atom. The molecule has 1 N–H and O–H groups in total. The second-order valence-corrected chi connectivity index (χ2v) is 9.17.